The minimum atomic E-state index is -4.39. The molecule has 0 unspecified atom stereocenters. The van der Waals surface area contributed by atoms with Crippen molar-refractivity contribution in [3.8, 4) is 0 Å². The molecule has 15 heavy (non-hydrogen) atoms. The molecule has 0 amide bonds. The van der Waals surface area contributed by atoms with Crippen LogP contribution >= 0.6 is 0 Å². The molecule has 0 fully saturated rings. The van der Waals surface area contributed by atoms with Gasteiger partial charge in [0.1, 0.15) is 6.61 Å². The molecule has 0 N–H and O–H groups in total. The highest BCUT2D eigenvalue weighted by atomic mass is 28.4. The van der Waals surface area contributed by atoms with E-state index in [0.29, 0.717) is 0 Å². The molecule has 0 saturated carbocycles. The zero-order valence-corrected chi connectivity index (χ0v) is 9.76. The van der Waals surface area contributed by atoms with Gasteiger partial charge >= 0.3 is 15.0 Å². The first kappa shape index (κ1) is 14.6. The molecular formula is C8H15F3O3Si. The molecule has 0 aromatic carbocycles. The highest BCUT2D eigenvalue weighted by Crippen LogP contribution is 2.19. The SMILES string of the molecule is C=C[Si](OCC)(OCC)OCC(F)(F)F. The number of hydrogen-bond donors (Lipinski definition) is 0. The quantitative estimate of drug-likeness (QED) is 0.643. The number of halogens is 3. The van der Waals surface area contributed by atoms with E-state index in [4.69, 9.17) is 8.85 Å². The van der Waals surface area contributed by atoms with Crippen LogP contribution in [0.2, 0.25) is 0 Å². The molecule has 3 nitrogen and oxygen atoms in total. The molecule has 0 radical (unpaired) electrons. The summed E-state index contributed by atoms with van der Waals surface area (Å²) >= 11 is 0. The third-order valence-electron chi connectivity index (χ3n) is 1.38. The van der Waals surface area contributed by atoms with Crippen molar-refractivity contribution in [2.24, 2.45) is 0 Å². The monoisotopic (exact) mass is 244 g/mol. The summed E-state index contributed by atoms with van der Waals surface area (Å²) < 4.78 is 50.7. The third-order valence-corrected chi connectivity index (χ3v) is 3.81. The lowest BCUT2D eigenvalue weighted by Gasteiger charge is -2.25. The molecule has 0 atom stereocenters. The van der Waals surface area contributed by atoms with Crippen LogP contribution < -0.4 is 0 Å². The Morgan fingerprint density at radius 1 is 1.13 bits per heavy atom. The Kier molecular flexibility index (Phi) is 6.11. The van der Waals surface area contributed by atoms with Gasteiger partial charge in [0, 0.05) is 13.2 Å². The zero-order chi connectivity index (χ0) is 11.9. The van der Waals surface area contributed by atoms with Crippen LogP contribution in [0.3, 0.4) is 0 Å². The fourth-order valence-corrected chi connectivity index (χ4v) is 2.66. The van der Waals surface area contributed by atoms with Crippen molar-refractivity contribution < 1.29 is 26.4 Å². The first-order valence-corrected chi connectivity index (χ1v) is 6.31. The molecule has 0 aromatic rings. The summed E-state index contributed by atoms with van der Waals surface area (Å²) in [5, 5.41) is 0. The van der Waals surface area contributed by atoms with E-state index in [0.717, 1.165) is 0 Å². The maximum absolute atomic E-state index is 12.0. The average molecular weight is 244 g/mol. The summed E-state index contributed by atoms with van der Waals surface area (Å²) in [6, 6.07) is 0. The van der Waals surface area contributed by atoms with Crippen LogP contribution in [-0.4, -0.2) is 34.8 Å². The lowest BCUT2D eigenvalue weighted by Crippen LogP contribution is -2.46. The number of rotatable bonds is 7. The molecule has 0 aliphatic heterocycles. The summed E-state index contributed by atoms with van der Waals surface area (Å²) in [6.45, 7) is 5.75. The van der Waals surface area contributed by atoms with Crippen LogP contribution in [0, 0.1) is 0 Å². The van der Waals surface area contributed by atoms with Crippen LogP contribution in [0.5, 0.6) is 0 Å². The van der Waals surface area contributed by atoms with Gasteiger partial charge in [-0.3, -0.25) is 0 Å². The largest absolute Gasteiger partial charge is 0.529 e. The molecule has 0 aliphatic carbocycles. The fourth-order valence-electron chi connectivity index (χ4n) is 0.887. The molecule has 0 aromatic heterocycles. The van der Waals surface area contributed by atoms with E-state index in [1.165, 1.54) is 5.70 Å². The summed E-state index contributed by atoms with van der Waals surface area (Å²) in [5.74, 6) is 0. The Balaban J connectivity index is 4.40. The summed E-state index contributed by atoms with van der Waals surface area (Å²) in [4.78, 5) is 0. The second-order valence-corrected chi connectivity index (χ2v) is 5.06. The van der Waals surface area contributed by atoms with Crippen LogP contribution in [-0.2, 0) is 13.3 Å². The van der Waals surface area contributed by atoms with Crippen molar-refractivity contribution >= 4 is 8.80 Å². The van der Waals surface area contributed by atoms with Gasteiger partial charge in [-0.05, 0) is 19.5 Å². The van der Waals surface area contributed by atoms with E-state index in [1.807, 2.05) is 0 Å². The third kappa shape index (κ3) is 5.93. The van der Waals surface area contributed by atoms with Crippen molar-refractivity contribution in [3.05, 3.63) is 12.3 Å². The van der Waals surface area contributed by atoms with Gasteiger partial charge in [0.05, 0.1) is 0 Å². The Morgan fingerprint density at radius 3 is 1.87 bits per heavy atom. The van der Waals surface area contributed by atoms with Crippen LogP contribution in [0.4, 0.5) is 13.2 Å². The molecule has 7 heteroatoms. The molecule has 0 rings (SSSR count). The Bertz CT molecular complexity index is 190. The maximum atomic E-state index is 12.0. The lowest BCUT2D eigenvalue weighted by molar-refractivity contribution is -0.163. The summed E-state index contributed by atoms with van der Waals surface area (Å²) in [5.41, 5.74) is 1.20. The first-order chi connectivity index (χ1) is 6.89. The zero-order valence-electron chi connectivity index (χ0n) is 8.76. The second kappa shape index (κ2) is 6.26. The van der Waals surface area contributed by atoms with Gasteiger partial charge in [0.2, 0.25) is 0 Å². The second-order valence-electron chi connectivity index (χ2n) is 2.58. The van der Waals surface area contributed by atoms with Gasteiger partial charge in [-0.1, -0.05) is 6.58 Å². The Hall–Kier alpha value is -0.373. The van der Waals surface area contributed by atoms with Gasteiger partial charge in [-0.25, -0.2) is 0 Å². The highest BCUT2D eigenvalue weighted by Gasteiger charge is 2.41. The molecule has 0 spiro atoms. The molecule has 0 saturated heterocycles. The van der Waals surface area contributed by atoms with Gasteiger partial charge in [0.15, 0.2) is 0 Å². The van der Waals surface area contributed by atoms with E-state index in [1.54, 1.807) is 13.8 Å². The number of hydrogen-bond acceptors (Lipinski definition) is 3. The lowest BCUT2D eigenvalue weighted by atomic mass is 10.7. The van der Waals surface area contributed by atoms with Crippen molar-refractivity contribution in [3.63, 3.8) is 0 Å². The molecule has 0 bridgehead atoms. The minimum absolute atomic E-state index is 0.218. The van der Waals surface area contributed by atoms with E-state index in [-0.39, 0.29) is 13.2 Å². The minimum Gasteiger partial charge on any atom is -0.371 e. The highest BCUT2D eigenvalue weighted by molar-refractivity contribution is 6.66. The summed E-state index contributed by atoms with van der Waals surface area (Å²) in [6.07, 6.45) is -4.39. The fraction of sp³-hybridized carbons (Fsp3) is 0.750. The smallest absolute Gasteiger partial charge is 0.371 e. The van der Waals surface area contributed by atoms with E-state index >= 15 is 0 Å². The van der Waals surface area contributed by atoms with Crippen molar-refractivity contribution in [1.29, 1.82) is 0 Å². The molecular weight excluding hydrogens is 229 g/mol. The van der Waals surface area contributed by atoms with Gasteiger partial charge < -0.3 is 13.3 Å². The van der Waals surface area contributed by atoms with E-state index in [2.05, 4.69) is 11.0 Å². The van der Waals surface area contributed by atoms with E-state index in [9.17, 15) is 13.2 Å². The van der Waals surface area contributed by atoms with Gasteiger partial charge in [-0.2, -0.15) is 13.2 Å². The van der Waals surface area contributed by atoms with Crippen molar-refractivity contribution in [2.75, 3.05) is 19.8 Å². The maximum Gasteiger partial charge on any atom is 0.529 e. The molecule has 90 valence electrons. The van der Waals surface area contributed by atoms with E-state index < -0.39 is 21.6 Å². The Morgan fingerprint density at radius 2 is 1.60 bits per heavy atom. The summed E-state index contributed by atoms with van der Waals surface area (Å²) in [7, 11) is -3.34. The standard InChI is InChI=1S/C8H15F3O3Si/c1-4-12-15(6-3,13-5-2)14-7-8(9,10)11/h6H,3-5,7H2,1-2H3. The van der Waals surface area contributed by atoms with Crippen molar-refractivity contribution in [2.45, 2.75) is 20.0 Å². The Labute approximate surface area is 88.2 Å². The predicted octanol–water partition coefficient (Wildman–Crippen LogP) is 2.30. The molecule has 0 heterocycles. The first-order valence-electron chi connectivity index (χ1n) is 4.51. The predicted molar refractivity (Wildman–Crippen MR) is 51.2 cm³/mol. The van der Waals surface area contributed by atoms with Crippen LogP contribution in [0.15, 0.2) is 12.3 Å². The van der Waals surface area contributed by atoms with Gasteiger partial charge in [-0.15, -0.1) is 0 Å². The van der Waals surface area contributed by atoms with Crippen LogP contribution in [0.25, 0.3) is 0 Å². The topological polar surface area (TPSA) is 27.7 Å². The molecule has 0 aliphatic rings. The van der Waals surface area contributed by atoms with Crippen molar-refractivity contribution in [1.82, 2.24) is 0 Å². The number of alkyl halides is 3. The normalized spacial score (nSPS) is 12.9. The van der Waals surface area contributed by atoms with Crippen LogP contribution in [0.1, 0.15) is 13.8 Å². The van der Waals surface area contributed by atoms with Gasteiger partial charge in [0.25, 0.3) is 0 Å². The average Bonchev–Trinajstić information content (AvgIpc) is 2.14.